The van der Waals surface area contributed by atoms with Crippen LogP contribution in [0.1, 0.15) is 61.8 Å². The molecule has 1 N–H and O–H groups in total. The van der Waals surface area contributed by atoms with Crippen LogP contribution in [-0.4, -0.2) is 45.2 Å². The van der Waals surface area contributed by atoms with E-state index in [0.717, 1.165) is 35.9 Å². The van der Waals surface area contributed by atoms with Crippen LogP contribution in [0.5, 0.6) is 0 Å². The molecule has 0 bridgehead atoms. The van der Waals surface area contributed by atoms with Crippen LogP contribution in [0.15, 0.2) is 18.2 Å². The molecular formula is C22H30ClN5O. The van der Waals surface area contributed by atoms with Crippen LogP contribution in [-0.2, 0) is 17.6 Å². The van der Waals surface area contributed by atoms with Crippen LogP contribution in [0.25, 0.3) is 0 Å². The van der Waals surface area contributed by atoms with Crippen molar-refractivity contribution in [3.05, 3.63) is 40.4 Å². The van der Waals surface area contributed by atoms with Crippen molar-refractivity contribution in [3.63, 3.8) is 0 Å². The number of benzene rings is 1. The molecule has 2 aliphatic rings. The van der Waals surface area contributed by atoms with Gasteiger partial charge in [0.25, 0.3) is 0 Å². The molecule has 1 aliphatic heterocycles. The quantitative estimate of drug-likeness (QED) is 0.702. The fourth-order valence-electron chi connectivity index (χ4n) is 4.08. The Morgan fingerprint density at radius 3 is 2.59 bits per heavy atom. The minimum atomic E-state index is -0.0180. The summed E-state index contributed by atoms with van der Waals surface area (Å²) in [5.74, 6) is 2.01. The third-order valence-corrected chi connectivity index (χ3v) is 6.38. The fraction of sp³-hybridized carbons (Fsp3) is 0.591. The molecule has 156 valence electrons. The van der Waals surface area contributed by atoms with Crippen LogP contribution in [0.4, 0.5) is 5.69 Å². The number of anilines is 1. The molecule has 1 aliphatic carbocycles. The van der Waals surface area contributed by atoms with Gasteiger partial charge in [0.2, 0.25) is 5.91 Å². The lowest BCUT2D eigenvalue weighted by atomic mass is 10.1. The number of amides is 1. The minimum Gasteiger partial charge on any atom is -0.326 e. The van der Waals surface area contributed by atoms with Crippen LogP contribution >= 0.6 is 11.6 Å². The van der Waals surface area contributed by atoms with E-state index in [1.807, 2.05) is 25.1 Å². The molecule has 1 saturated heterocycles. The number of aromatic nitrogens is 3. The standard InChI is InChI=1S/C22H30ClN5O/c1-16-18(23)6-5-7-19(16)24-22(29)11-10-20-25-26-21(28(20)17-8-9-17)12-15-27-13-3-2-4-14-27/h5-7,17H,2-4,8-15H2,1H3,(H,24,29). The number of hydrogen-bond donors (Lipinski definition) is 1. The number of likely N-dealkylation sites (tertiary alicyclic amines) is 1. The Bertz CT molecular complexity index is 855. The van der Waals surface area contributed by atoms with E-state index in [0.29, 0.717) is 23.9 Å². The Morgan fingerprint density at radius 1 is 1.14 bits per heavy atom. The van der Waals surface area contributed by atoms with Crippen molar-refractivity contribution < 1.29 is 4.79 Å². The number of aryl methyl sites for hydroxylation is 1. The van der Waals surface area contributed by atoms with Gasteiger partial charge in [0.1, 0.15) is 11.6 Å². The molecule has 7 heteroatoms. The predicted octanol–water partition coefficient (Wildman–Crippen LogP) is 4.17. The molecule has 2 aromatic rings. The normalized spacial score (nSPS) is 17.4. The van der Waals surface area contributed by atoms with Crippen LogP contribution in [0.3, 0.4) is 0 Å². The van der Waals surface area contributed by atoms with Crippen molar-refractivity contribution in [2.45, 2.75) is 64.3 Å². The Morgan fingerprint density at radius 2 is 1.86 bits per heavy atom. The maximum Gasteiger partial charge on any atom is 0.224 e. The van der Waals surface area contributed by atoms with Gasteiger partial charge in [0, 0.05) is 42.6 Å². The van der Waals surface area contributed by atoms with Crippen LogP contribution in [0, 0.1) is 6.92 Å². The number of nitrogens with one attached hydrogen (secondary N) is 1. The van der Waals surface area contributed by atoms with E-state index < -0.39 is 0 Å². The molecule has 29 heavy (non-hydrogen) atoms. The average Bonchev–Trinajstić information content (AvgIpc) is 3.49. The molecule has 6 nitrogen and oxygen atoms in total. The van der Waals surface area contributed by atoms with E-state index >= 15 is 0 Å². The van der Waals surface area contributed by atoms with Gasteiger partial charge >= 0.3 is 0 Å². The molecule has 1 amide bonds. The first-order valence-corrected chi connectivity index (χ1v) is 11.2. The van der Waals surface area contributed by atoms with Gasteiger partial charge in [-0.2, -0.15) is 0 Å². The number of rotatable bonds is 8. The maximum atomic E-state index is 12.5. The third-order valence-electron chi connectivity index (χ3n) is 5.97. The Balaban J connectivity index is 1.35. The SMILES string of the molecule is Cc1c(Cl)cccc1NC(=O)CCc1nnc(CCN2CCCCC2)n1C1CC1. The first kappa shape index (κ1) is 20.4. The summed E-state index contributed by atoms with van der Waals surface area (Å²) in [5.41, 5.74) is 1.66. The summed E-state index contributed by atoms with van der Waals surface area (Å²) in [4.78, 5) is 15.0. The highest BCUT2D eigenvalue weighted by Crippen LogP contribution is 2.37. The van der Waals surface area contributed by atoms with Gasteiger partial charge in [-0.25, -0.2) is 0 Å². The summed E-state index contributed by atoms with van der Waals surface area (Å²) in [6.07, 6.45) is 8.30. The van der Waals surface area contributed by atoms with E-state index in [-0.39, 0.29) is 5.91 Å². The molecule has 0 atom stereocenters. The summed E-state index contributed by atoms with van der Waals surface area (Å²) in [7, 11) is 0. The second-order valence-corrected chi connectivity index (χ2v) is 8.65. The highest BCUT2D eigenvalue weighted by Gasteiger charge is 2.29. The number of piperidine rings is 1. The molecule has 2 fully saturated rings. The van der Waals surface area contributed by atoms with Crippen molar-refractivity contribution in [2.24, 2.45) is 0 Å². The lowest BCUT2D eigenvalue weighted by molar-refractivity contribution is -0.116. The first-order chi connectivity index (χ1) is 14.1. The topological polar surface area (TPSA) is 63.1 Å². The van der Waals surface area contributed by atoms with E-state index in [2.05, 4.69) is 25.0 Å². The molecule has 1 aromatic carbocycles. The van der Waals surface area contributed by atoms with E-state index in [1.54, 1.807) is 0 Å². The van der Waals surface area contributed by atoms with Crippen LogP contribution < -0.4 is 5.32 Å². The van der Waals surface area contributed by atoms with Crippen molar-refractivity contribution in [2.75, 3.05) is 25.0 Å². The monoisotopic (exact) mass is 415 g/mol. The highest BCUT2D eigenvalue weighted by molar-refractivity contribution is 6.31. The fourth-order valence-corrected chi connectivity index (χ4v) is 4.25. The predicted molar refractivity (Wildman–Crippen MR) is 115 cm³/mol. The summed E-state index contributed by atoms with van der Waals surface area (Å²) >= 11 is 6.14. The second-order valence-electron chi connectivity index (χ2n) is 8.25. The Kier molecular flexibility index (Phi) is 6.50. The molecule has 1 saturated carbocycles. The Labute approximate surface area is 177 Å². The van der Waals surface area contributed by atoms with Gasteiger partial charge in [0.05, 0.1) is 0 Å². The molecule has 4 rings (SSSR count). The lowest BCUT2D eigenvalue weighted by Gasteiger charge is -2.26. The first-order valence-electron chi connectivity index (χ1n) is 10.8. The molecule has 0 radical (unpaired) electrons. The number of nitrogens with zero attached hydrogens (tertiary/aromatic N) is 4. The average molecular weight is 416 g/mol. The number of carbonyl (C=O) groups is 1. The third kappa shape index (κ3) is 5.17. The molecule has 0 unspecified atom stereocenters. The highest BCUT2D eigenvalue weighted by atomic mass is 35.5. The summed E-state index contributed by atoms with van der Waals surface area (Å²) in [6, 6.07) is 6.08. The minimum absolute atomic E-state index is 0.0180. The zero-order valence-electron chi connectivity index (χ0n) is 17.2. The van der Waals surface area contributed by atoms with E-state index in [1.165, 1.54) is 45.2 Å². The largest absolute Gasteiger partial charge is 0.326 e. The number of hydrogen-bond acceptors (Lipinski definition) is 4. The van der Waals surface area contributed by atoms with Crippen LogP contribution in [0.2, 0.25) is 5.02 Å². The Hall–Kier alpha value is -1.92. The van der Waals surface area contributed by atoms with Crippen molar-refractivity contribution in [1.29, 1.82) is 0 Å². The van der Waals surface area contributed by atoms with Crippen molar-refractivity contribution in [3.8, 4) is 0 Å². The van der Waals surface area contributed by atoms with Gasteiger partial charge in [-0.15, -0.1) is 10.2 Å². The number of halogens is 1. The number of carbonyl (C=O) groups excluding carboxylic acids is 1. The van der Waals surface area contributed by atoms with Crippen molar-refractivity contribution in [1.82, 2.24) is 19.7 Å². The van der Waals surface area contributed by atoms with Gasteiger partial charge < -0.3 is 14.8 Å². The summed E-state index contributed by atoms with van der Waals surface area (Å²) < 4.78 is 2.31. The molecule has 1 aromatic heterocycles. The zero-order valence-corrected chi connectivity index (χ0v) is 17.9. The van der Waals surface area contributed by atoms with Gasteiger partial charge in [-0.1, -0.05) is 24.1 Å². The van der Waals surface area contributed by atoms with Gasteiger partial charge in [0.15, 0.2) is 0 Å². The summed E-state index contributed by atoms with van der Waals surface area (Å²) in [5, 5.41) is 12.6. The molecular weight excluding hydrogens is 386 g/mol. The smallest absolute Gasteiger partial charge is 0.224 e. The van der Waals surface area contributed by atoms with E-state index in [9.17, 15) is 4.79 Å². The van der Waals surface area contributed by atoms with Gasteiger partial charge in [-0.05, 0) is 63.4 Å². The van der Waals surface area contributed by atoms with Crippen molar-refractivity contribution >= 4 is 23.2 Å². The zero-order chi connectivity index (χ0) is 20.2. The maximum absolute atomic E-state index is 12.5. The second kappa shape index (κ2) is 9.26. The molecule has 0 spiro atoms. The van der Waals surface area contributed by atoms with E-state index in [4.69, 9.17) is 11.6 Å². The van der Waals surface area contributed by atoms with Gasteiger partial charge in [-0.3, -0.25) is 4.79 Å². The summed E-state index contributed by atoms with van der Waals surface area (Å²) in [6.45, 7) is 5.37. The molecule has 2 heterocycles. The lowest BCUT2D eigenvalue weighted by Crippen LogP contribution is -2.32.